The van der Waals surface area contributed by atoms with Crippen molar-refractivity contribution in [3.63, 3.8) is 0 Å². The molecule has 1 aliphatic heterocycles. The summed E-state index contributed by atoms with van der Waals surface area (Å²) in [4.78, 5) is 26.2. The first-order chi connectivity index (χ1) is 7.56. The van der Waals surface area contributed by atoms with Gasteiger partial charge in [0, 0.05) is 33.7 Å². The number of rotatable bonds is 4. The minimum Gasteiger partial charge on any atom is -0.349 e. The molecule has 0 spiro atoms. The lowest BCUT2D eigenvalue weighted by Crippen LogP contribution is -2.56. The largest absolute Gasteiger partial charge is 0.349 e. The first-order valence-corrected chi connectivity index (χ1v) is 5.34. The lowest BCUT2D eigenvalue weighted by molar-refractivity contribution is -0.140. The second-order valence-corrected chi connectivity index (χ2v) is 4.01. The van der Waals surface area contributed by atoms with Crippen LogP contribution in [-0.4, -0.2) is 68.1 Å². The molecule has 0 saturated carbocycles. The third-order valence-corrected chi connectivity index (χ3v) is 2.61. The van der Waals surface area contributed by atoms with Gasteiger partial charge >= 0.3 is 0 Å². The van der Waals surface area contributed by atoms with E-state index in [1.165, 1.54) is 9.80 Å². The van der Waals surface area contributed by atoms with Crippen LogP contribution in [0, 0.1) is 0 Å². The summed E-state index contributed by atoms with van der Waals surface area (Å²) < 4.78 is 12.2. The van der Waals surface area contributed by atoms with E-state index < -0.39 is 12.7 Å². The maximum Gasteiger partial charge on any atom is 0.240 e. The summed E-state index contributed by atoms with van der Waals surface area (Å²) in [5, 5.41) is 2.98. The molecule has 92 valence electrons. The van der Waals surface area contributed by atoms with E-state index in [4.69, 9.17) is 0 Å². The van der Waals surface area contributed by atoms with E-state index in [0.29, 0.717) is 13.1 Å². The van der Waals surface area contributed by atoms with E-state index in [2.05, 4.69) is 5.32 Å². The van der Waals surface area contributed by atoms with Crippen LogP contribution < -0.4 is 5.32 Å². The Bertz CT molecular complexity index is 269. The molecule has 1 aliphatic rings. The van der Waals surface area contributed by atoms with Crippen LogP contribution in [0.4, 0.5) is 4.39 Å². The third-order valence-electron chi connectivity index (χ3n) is 2.61. The number of alkyl halides is 1. The average molecular weight is 231 g/mol. The molecule has 5 nitrogen and oxygen atoms in total. The summed E-state index contributed by atoms with van der Waals surface area (Å²) in [6.45, 7) is 0.694. The van der Waals surface area contributed by atoms with Crippen molar-refractivity contribution in [1.82, 2.24) is 15.1 Å². The fourth-order valence-corrected chi connectivity index (χ4v) is 1.63. The average Bonchev–Trinajstić information content (AvgIpc) is 2.24. The molecular weight excluding hydrogens is 213 g/mol. The molecule has 0 aromatic rings. The second kappa shape index (κ2) is 5.79. The molecule has 0 radical (unpaired) electrons. The number of piperazine rings is 1. The first kappa shape index (κ1) is 12.9. The maximum absolute atomic E-state index is 12.2. The van der Waals surface area contributed by atoms with Gasteiger partial charge in [-0.25, -0.2) is 4.39 Å². The number of nitrogens with zero attached hydrogens (tertiary/aromatic N) is 2. The molecule has 6 heteroatoms. The highest BCUT2D eigenvalue weighted by molar-refractivity contribution is 5.88. The van der Waals surface area contributed by atoms with E-state index >= 15 is 0 Å². The van der Waals surface area contributed by atoms with Crippen LogP contribution in [0.25, 0.3) is 0 Å². The number of carbonyl (C=O) groups is 2. The fourth-order valence-electron chi connectivity index (χ4n) is 1.63. The van der Waals surface area contributed by atoms with E-state index in [1.54, 1.807) is 14.1 Å². The van der Waals surface area contributed by atoms with Crippen molar-refractivity contribution in [3.05, 3.63) is 0 Å². The predicted octanol–water partition coefficient (Wildman–Crippen LogP) is -0.765. The molecule has 1 heterocycles. The van der Waals surface area contributed by atoms with Crippen molar-refractivity contribution >= 4 is 11.8 Å². The van der Waals surface area contributed by atoms with Gasteiger partial charge in [0.15, 0.2) is 0 Å². The molecule has 1 unspecified atom stereocenters. The van der Waals surface area contributed by atoms with Crippen LogP contribution in [0.2, 0.25) is 0 Å². The molecule has 0 bridgehead atoms. The lowest BCUT2D eigenvalue weighted by Gasteiger charge is -2.32. The smallest absolute Gasteiger partial charge is 0.240 e. The van der Waals surface area contributed by atoms with Crippen LogP contribution in [0.15, 0.2) is 0 Å². The molecular formula is C10H18FN3O2. The number of amides is 2. The van der Waals surface area contributed by atoms with Gasteiger partial charge < -0.3 is 15.1 Å². The molecule has 1 saturated heterocycles. The predicted molar refractivity (Wildman–Crippen MR) is 57.7 cm³/mol. The van der Waals surface area contributed by atoms with Crippen molar-refractivity contribution in [3.8, 4) is 0 Å². The zero-order valence-corrected chi connectivity index (χ0v) is 9.70. The van der Waals surface area contributed by atoms with Gasteiger partial charge in [0.25, 0.3) is 0 Å². The van der Waals surface area contributed by atoms with Gasteiger partial charge in [-0.15, -0.1) is 0 Å². The molecule has 1 atom stereocenters. The topological polar surface area (TPSA) is 52.7 Å². The summed E-state index contributed by atoms with van der Waals surface area (Å²) in [7, 11) is 3.30. The Morgan fingerprint density at radius 1 is 1.62 bits per heavy atom. The Hall–Kier alpha value is -1.17. The normalized spacial score (nSPS) is 21.1. The monoisotopic (exact) mass is 231 g/mol. The van der Waals surface area contributed by atoms with Gasteiger partial charge in [-0.1, -0.05) is 0 Å². The Morgan fingerprint density at radius 2 is 2.31 bits per heavy atom. The maximum atomic E-state index is 12.2. The Labute approximate surface area is 94.6 Å². The zero-order valence-electron chi connectivity index (χ0n) is 9.70. The Morgan fingerprint density at radius 3 is 2.88 bits per heavy atom. The van der Waals surface area contributed by atoms with Gasteiger partial charge in [0.2, 0.25) is 11.8 Å². The number of halogens is 1. The summed E-state index contributed by atoms with van der Waals surface area (Å²) in [5.74, 6) is -0.285. The molecule has 16 heavy (non-hydrogen) atoms. The van der Waals surface area contributed by atoms with E-state index in [-0.39, 0.29) is 24.8 Å². The highest BCUT2D eigenvalue weighted by Crippen LogP contribution is 2.06. The van der Waals surface area contributed by atoms with Gasteiger partial charge in [-0.05, 0) is 0 Å². The van der Waals surface area contributed by atoms with Crippen molar-refractivity contribution in [2.75, 3.05) is 40.4 Å². The molecule has 1 N–H and O–H groups in total. The van der Waals surface area contributed by atoms with Gasteiger partial charge in [-0.3, -0.25) is 9.59 Å². The van der Waals surface area contributed by atoms with Crippen LogP contribution in [-0.2, 0) is 9.59 Å². The second-order valence-electron chi connectivity index (χ2n) is 4.01. The highest BCUT2D eigenvalue weighted by atomic mass is 19.1. The molecule has 0 aromatic heterocycles. The van der Waals surface area contributed by atoms with Gasteiger partial charge in [0.1, 0.15) is 6.67 Å². The van der Waals surface area contributed by atoms with E-state index in [1.807, 2.05) is 0 Å². The quantitative estimate of drug-likeness (QED) is 0.691. The molecule has 0 aliphatic carbocycles. The standard InChI is InChI=1S/C10H18FN3O2/c1-13(2)9(15)7-8-10(16)14(5-3-11)6-4-12-8/h8,12H,3-7H2,1-2H3. The van der Waals surface area contributed by atoms with Crippen LogP contribution in [0.3, 0.4) is 0 Å². The minimum absolute atomic E-state index is 0.104. The Kier molecular flexibility index (Phi) is 4.67. The number of hydrogen-bond acceptors (Lipinski definition) is 3. The molecule has 1 rings (SSSR count). The minimum atomic E-state index is -0.542. The Balaban J connectivity index is 2.53. The molecule has 1 fully saturated rings. The number of hydrogen-bond donors (Lipinski definition) is 1. The van der Waals surface area contributed by atoms with Crippen molar-refractivity contribution in [2.24, 2.45) is 0 Å². The third kappa shape index (κ3) is 3.16. The summed E-state index contributed by atoms with van der Waals surface area (Å²) in [5.41, 5.74) is 0. The van der Waals surface area contributed by atoms with Crippen LogP contribution in [0.5, 0.6) is 0 Å². The number of carbonyl (C=O) groups excluding carboxylic acids is 2. The van der Waals surface area contributed by atoms with Crippen molar-refractivity contribution in [2.45, 2.75) is 12.5 Å². The highest BCUT2D eigenvalue weighted by Gasteiger charge is 2.29. The fraction of sp³-hybridized carbons (Fsp3) is 0.800. The van der Waals surface area contributed by atoms with E-state index in [9.17, 15) is 14.0 Å². The van der Waals surface area contributed by atoms with Crippen LogP contribution >= 0.6 is 0 Å². The van der Waals surface area contributed by atoms with E-state index in [0.717, 1.165) is 0 Å². The first-order valence-electron chi connectivity index (χ1n) is 5.34. The SMILES string of the molecule is CN(C)C(=O)CC1NCCN(CCF)C1=O. The zero-order chi connectivity index (χ0) is 12.1. The van der Waals surface area contributed by atoms with Gasteiger partial charge in [0.05, 0.1) is 12.5 Å². The summed E-state index contributed by atoms with van der Waals surface area (Å²) in [6.07, 6.45) is 0.134. The van der Waals surface area contributed by atoms with Crippen LogP contribution in [0.1, 0.15) is 6.42 Å². The van der Waals surface area contributed by atoms with Crippen molar-refractivity contribution in [1.29, 1.82) is 0 Å². The lowest BCUT2D eigenvalue weighted by atomic mass is 10.1. The molecule has 2 amide bonds. The number of nitrogens with one attached hydrogen (secondary N) is 1. The molecule has 0 aromatic carbocycles. The van der Waals surface area contributed by atoms with Crippen molar-refractivity contribution < 1.29 is 14.0 Å². The summed E-state index contributed by atoms with van der Waals surface area (Å²) >= 11 is 0. The van der Waals surface area contributed by atoms with Gasteiger partial charge in [-0.2, -0.15) is 0 Å². The summed E-state index contributed by atoms with van der Waals surface area (Å²) in [6, 6.07) is -0.504.